The highest BCUT2D eigenvalue weighted by Crippen LogP contribution is 2.30. The van der Waals surface area contributed by atoms with E-state index in [9.17, 15) is 4.79 Å². The molecule has 1 amide bonds. The minimum atomic E-state index is -0.794. The van der Waals surface area contributed by atoms with Crippen molar-refractivity contribution in [3.63, 3.8) is 0 Å². The lowest BCUT2D eigenvalue weighted by Gasteiger charge is -2.30. The van der Waals surface area contributed by atoms with E-state index >= 15 is 0 Å². The van der Waals surface area contributed by atoms with Crippen LogP contribution in [0.1, 0.15) is 24.3 Å². The largest absolute Gasteiger partial charge is 0.465 e. The Kier molecular flexibility index (Phi) is 2.93. The summed E-state index contributed by atoms with van der Waals surface area (Å²) in [4.78, 5) is 12.4. The maximum absolute atomic E-state index is 10.9. The average Bonchev–Trinajstić information content (AvgIpc) is 2.80. The van der Waals surface area contributed by atoms with Gasteiger partial charge in [-0.15, -0.1) is 0 Å². The molecule has 1 fully saturated rings. The second kappa shape index (κ2) is 4.61. The van der Waals surface area contributed by atoms with Crippen LogP contribution >= 0.6 is 0 Å². The zero-order valence-electron chi connectivity index (χ0n) is 11.0. The smallest absolute Gasteiger partial charge is 0.407 e. The Bertz CT molecular complexity index is 610. The molecule has 0 unspecified atom stereocenters. The van der Waals surface area contributed by atoms with Gasteiger partial charge in [0, 0.05) is 31.9 Å². The van der Waals surface area contributed by atoms with Gasteiger partial charge in [-0.3, -0.25) is 0 Å². The van der Waals surface area contributed by atoms with Crippen LogP contribution in [0.5, 0.6) is 0 Å². The van der Waals surface area contributed by atoms with E-state index in [1.165, 1.54) is 21.4 Å². The molecule has 1 aromatic heterocycles. The number of hydrogen-bond donors (Lipinski definition) is 1. The molecule has 1 aromatic carbocycles. The van der Waals surface area contributed by atoms with Crippen molar-refractivity contribution in [2.24, 2.45) is 7.05 Å². The van der Waals surface area contributed by atoms with Crippen molar-refractivity contribution in [2.45, 2.75) is 18.8 Å². The van der Waals surface area contributed by atoms with Crippen LogP contribution in [-0.4, -0.2) is 33.8 Å². The minimum absolute atomic E-state index is 0.486. The summed E-state index contributed by atoms with van der Waals surface area (Å²) in [5.41, 5.74) is 2.58. The summed E-state index contributed by atoms with van der Waals surface area (Å²) in [7, 11) is 2.05. The lowest BCUT2D eigenvalue weighted by atomic mass is 9.89. The molecule has 2 aromatic rings. The summed E-state index contributed by atoms with van der Waals surface area (Å²) >= 11 is 0. The maximum Gasteiger partial charge on any atom is 0.407 e. The first kappa shape index (κ1) is 12.1. The predicted molar refractivity (Wildman–Crippen MR) is 74.5 cm³/mol. The van der Waals surface area contributed by atoms with Gasteiger partial charge in [0.25, 0.3) is 0 Å². The molecule has 0 saturated carbocycles. The van der Waals surface area contributed by atoms with Gasteiger partial charge in [0.2, 0.25) is 0 Å². The molecular formula is C15H18N2O2. The zero-order valence-corrected chi connectivity index (χ0v) is 11.0. The number of fused-ring (bicyclic) bond motifs is 1. The number of benzene rings is 1. The van der Waals surface area contributed by atoms with E-state index < -0.39 is 6.09 Å². The summed E-state index contributed by atoms with van der Waals surface area (Å²) in [6.07, 6.45) is 3.12. The Hall–Kier alpha value is -1.97. The fraction of sp³-hybridized carbons (Fsp3) is 0.400. The summed E-state index contributed by atoms with van der Waals surface area (Å²) in [6, 6.07) is 8.72. The SMILES string of the molecule is Cn1ccc2cc(C3CCN(C(=O)O)CC3)ccc21. The molecule has 1 aliphatic rings. The van der Waals surface area contributed by atoms with Gasteiger partial charge >= 0.3 is 6.09 Å². The third kappa shape index (κ3) is 2.18. The molecule has 0 radical (unpaired) electrons. The lowest BCUT2D eigenvalue weighted by Crippen LogP contribution is -2.36. The average molecular weight is 258 g/mol. The summed E-state index contributed by atoms with van der Waals surface area (Å²) in [5, 5.41) is 10.2. The van der Waals surface area contributed by atoms with E-state index in [1.54, 1.807) is 0 Å². The van der Waals surface area contributed by atoms with Crippen molar-refractivity contribution < 1.29 is 9.90 Å². The zero-order chi connectivity index (χ0) is 13.4. The van der Waals surface area contributed by atoms with Crippen LogP contribution in [0.15, 0.2) is 30.5 Å². The highest BCUT2D eigenvalue weighted by Gasteiger charge is 2.23. The monoisotopic (exact) mass is 258 g/mol. The molecule has 100 valence electrons. The van der Waals surface area contributed by atoms with E-state index in [0.29, 0.717) is 19.0 Å². The topological polar surface area (TPSA) is 45.5 Å². The third-order valence-electron chi connectivity index (χ3n) is 4.15. The number of carboxylic acid groups (broad SMARTS) is 1. The Morgan fingerprint density at radius 1 is 1.26 bits per heavy atom. The summed E-state index contributed by atoms with van der Waals surface area (Å²) in [6.45, 7) is 1.29. The van der Waals surface area contributed by atoms with Crippen molar-refractivity contribution in [3.05, 3.63) is 36.0 Å². The number of likely N-dealkylation sites (tertiary alicyclic amines) is 1. The van der Waals surface area contributed by atoms with Gasteiger partial charge in [-0.1, -0.05) is 6.07 Å². The van der Waals surface area contributed by atoms with Gasteiger partial charge in [0.15, 0.2) is 0 Å². The maximum atomic E-state index is 10.9. The van der Waals surface area contributed by atoms with Crippen LogP contribution < -0.4 is 0 Å². The number of carbonyl (C=O) groups is 1. The number of nitrogens with zero attached hydrogens (tertiary/aromatic N) is 2. The van der Waals surface area contributed by atoms with Crippen LogP contribution in [0.2, 0.25) is 0 Å². The first-order valence-electron chi connectivity index (χ1n) is 6.68. The van der Waals surface area contributed by atoms with E-state index in [-0.39, 0.29) is 0 Å². The number of hydrogen-bond acceptors (Lipinski definition) is 1. The molecule has 2 heterocycles. The van der Waals surface area contributed by atoms with Crippen molar-refractivity contribution >= 4 is 17.0 Å². The normalized spacial score (nSPS) is 17.0. The number of amides is 1. The van der Waals surface area contributed by atoms with Gasteiger partial charge in [0.1, 0.15) is 0 Å². The molecule has 4 heteroatoms. The van der Waals surface area contributed by atoms with Crippen molar-refractivity contribution in [3.8, 4) is 0 Å². The van der Waals surface area contributed by atoms with E-state index in [0.717, 1.165) is 12.8 Å². The van der Waals surface area contributed by atoms with Crippen molar-refractivity contribution in [1.82, 2.24) is 9.47 Å². The van der Waals surface area contributed by atoms with Gasteiger partial charge in [-0.25, -0.2) is 4.79 Å². The molecule has 0 atom stereocenters. The molecule has 4 nitrogen and oxygen atoms in total. The molecule has 1 aliphatic heterocycles. The Morgan fingerprint density at radius 2 is 2.00 bits per heavy atom. The van der Waals surface area contributed by atoms with Crippen LogP contribution in [0, 0.1) is 0 Å². The van der Waals surface area contributed by atoms with Crippen LogP contribution in [0.4, 0.5) is 4.79 Å². The number of aryl methyl sites for hydroxylation is 1. The molecule has 3 rings (SSSR count). The molecule has 1 saturated heterocycles. The summed E-state index contributed by atoms with van der Waals surface area (Å²) < 4.78 is 2.12. The second-order valence-corrected chi connectivity index (χ2v) is 5.29. The minimum Gasteiger partial charge on any atom is -0.465 e. The lowest BCUT2D eigenvalue weighted by molar-refractivity contribution is 0.132. The molecule has 19 heavy (non-hydrogen) atoms. The Morgan fingerprint density at radius 3 is 2.68 bits per heavy atom. The predicted octanol–water partition coefficient (Wildman–Crippen LogP) is 3.04. The highest BCUT2D eigenvalue weighted by molar-refractivity contribution is 5.81. The van der Waals surface area contributed by atoms with Gasteiger partial charge in [0.05, 0.1) is 0 Å². The number of piperidine rings is 1. The Balaban J connectivity index is 1.80. The summed E-state index contributed by atoms with van der Waals surface area (Å²) in [5.74, 6) is 0.486. The van der Waals surface area contributed by atoms with Crippen LogP contribution in [-0.2, 0) is 7.05 Å². The standard InChI is InChI=1S/C15H18N2O2/c1-16-7-4-13-10-12(2-3-14(13)16)11-5-8-17(9-6-11)15(18)19/h2-4,7,10-11H,5-6,8-9H2,1H3,(H,18,19). The van der Waals surface area contributed by atoms with Gasteiger partial charge < -0.3 is 14.6 Å². The van der Waals surface area contributed by atoms with Gasteiger partial charge in [-0.2, -0.15) is 0 Å². The highest BCUT2D eigenvalue weighted by atomic mass is 16.4. The fourth-order valence-corrected chi connectivity index (χ4v) is 2.96. The van der Waals surface area contributed by atoms with E-state index in [4.69, 9.17) is 5.11 Å². The van der Waals surface area contributed by atoms with Crippen molar-refractivity contribution in [1.29, 1.82) is 0 Å². The van der Waals surface area contributed by atoms with Crippen LogP contribution in [0.25, 0.3) is 10.9 Å². The van der Waals surface area contributed by atoms with E-state index in [2.05, 4.69) is 35.0 Å². The fourth-order valence-electron chi connectivity index (χ4n) is 2.96. The third-order valence-corrected chi connectivity index (χ3v) is 4.15. The number of rotatable bonds is 1. The van der Waals surface area contributed by atoms with Gasteiger partial charge in [-0.05, 0) is 47.9 Å². The quantitative estimate of drug-likeness (QED) is 0.854. The molecule has 0 bridgehead atoms. The second-order valence-electron chi connectivity index (χ2n) is 5.29. The first-order chi connectivity index (χ1) is 9.15. The number of aromatic nitrogens is 1. The van der Waals surface area contributed by atoms with Crippen molar-refractivity contribution in [2.75, 3.05) is 13.1 Å². The molecular weight excluding hydrogens is 240 g/mol. The molecule has 0 aliphatic carbocycles. The molecule has 0 spiro atoms. The molecule has 1 N–H and O–H groups in total. The Labute approximate surface area is 112 Å². The van der Waals surface area contributed by atoms with Crippen LogP contribution in [0.3, 0.4) is 0 Å². The van der Waals surface area contributed by atoms with E-state index in [1.807, 2.05) is 7.05 Å². The first-order valence-corrected chi connectivity index (χ1v) is 6.68.